The average molecular weight is 311 g/mol. The number of ether oxygens (including phenoxy) is 2. The summed E-state index contributed by atoms with van der Waals surface area (Å²) in [5.41, 5.74) is -0.315. The molecule has 0 aliphatic carbocycles. The summed E-state index contributed by atoms with van der Waals surface area (Å²) in [7, 11) is 0. The summed E-state index contributed by atoms with van der Waals surface area (Å²) in [6, 6.07) is 0.288. The molecule has 128 valence electrons. The first kappa shape index (κ1) is 17.7. The maximum atomic E-state index is 12.4. The number of carbonyl (C=O) groups is 1. The summed E-state index contributed by atoms with van der Waals surface area (Å²) in [5, 5.41) is 0. The van der Waals surface area contributed by atoms with E-state index in [9.17, 15) is 4.79 Å². The van der Waals surface area contributed by atoms with Crippen molar-refractivity contribution < 1.29 is 14.3 Å². The Balaban J connectivity index is 2.00. The zero-order chi connectivity index (χ0) is 16.4. The van der Waals surface area contributed by atoms with Crippen LogP contribution in [-0.2, 0) is 14.3 Å². The summed E-state index contributed by atoms with van der Waals surface area (Å²) in [4.78, 5) is 14.5. The number of rotatable bonds is 4. The molecular weight excluding hydrogens is 278 g/mol. The molecule has 0 saturated carbocycles. The first-order chi connectivity index (χ1) is 10.2. The van der Waals surface area contributed by atoms with Gasteiger partial charge in [0.2, 0.25) is 5.91 Å². The zero-order valence-corrected chi connectivity index (χ0v) is 15.0. The number of nitrogens with zero attached hydrogens (tertiary/aromatic N) is 1. The van der Waals surface area contributed by atoms with Crippen LogP contribution in [0.2, 0.25) is 0 Å². The lowest BCUT2D eigenvalue weighted by Gasteiger charge is -2.47. The molecule has 0 N–H and O–H groups in total. The normalized spacial score (nSPS) is 25.6. The smallest absolute Gasteiger partial charge is 0.223 e. The van der Waals surface area contributed by atoms with E-state index in [1.54, 1.807) is 0 Å². The van der Waals surface area contributed by atoms with E-state index in [4.69, 9.17) is 9.47 Å². The van der Waals surface area contributed by atoms with E-state index in [2.05, 4.69) is 39.5 Å². The molecule has 4 heteroatoms. The summed E-state index contributed by atoms with van der Waals surface area (Å²) < 4.78 is 11.8. The number of piperidine rings is 1. The van der Waals surface area contributed by atoms with Crippen LogP contribution in [0.5, 0.6) is 0 Å². The Bertz CT molecular complexity index is 380. The maximum Gasteiger partial charge on any atom is 0.223 e. The highest BCUT2D eigenvalue weighted by molar-refractivity contribution is 5.78. The van der Waals surface area contributed by atoms with Gasteiger partial charge in [-0.25, -0.2) is 0 Å². The van der Waals surface area contributed by atoms with E-state index < -0.39 is 0 Å². The van der Waals surface area contributed by atoms with E-state index in [0.717, 1.165) is 45.3 Å². The van der Waals surface area contributed by atoms with Crippen LogP contribution in [0.4, 0.5) is 0 Å². The third-order valence-electron chi connectivity index (χ3n) is 4.67. The van der Waals surface area contributed by atoms with E-state index in [0.29, 0.717) is 18.4 Å². The van der Waals surface area contributed by atoms with E-state index >= 15 is 0 Å². The molecule has 2 rings (SSSR count). The van der Waals surface area contributed by atoms with Crippen molar-refractivity contribution in [3.63, 3.8) is 0 Å². The van der Waals surface area contributed by atoms with Crippen molar-refractivity contribution in [2.45, 2.75) is 96.4 Å². The van der Waals surface area contributed by atoms with Gasteiger partial charge in [0.15, 0.2) is 0 Å². The molecule has 2 aliphatic heterocycles. The average Bonchev–Trinajstić information content (AvgIpc) is 2.37. The van der Waals surface area contributed by atoms with Crippen molar-refractivity contribution in [3.8, 4) is 0 Å². The van der Waals surface area contributed by atoms with Gasteiger partial charge >= 0.3 is 0 Å². The summed E-state index contributed by atoms with van der Waals surface area (Å²) in [6.45, 7) is 12.3. The molecule has 1 atom stereocenters. The lowest BCUT2D eigenvalue weighted by atomic mass is 9.87. The van der Waals surface area contributed by atoms with Crippen molar-refractivity contribution in [1.82, 2.24) is 4.90 Å². The number of likely N-dealkylation sites (tertiary alicyclic amines) is 1. The van der Waals surface area contributed by atoms with Crippen LogP contribution in [-0.4, -0.2) is 47.3 Å². The predicted molar refractivity (Wildman–Crippen MR) is 87.9 cm³/mol. The van der Waals surface area contributed by atoms with Crippen LogP contribution in [0.25, 0.3) is 0 Å². The molecule has 0 spiro atoms. The van der Waals surface area contributed by atoms with Crippen molar-refractivity contribution >= 4 is 5.91 Å². The molecule has 1 amide bonds. The van der Waals surface area contributed by atoms with Gasteiger partial charge in [-0.15, -0.1) is 0 Å². The fourth-order valence-corrected chi connectivity index (χ4v) is 3.92. The summed E-state index contributed by atoms with van der Waals surface area (Å²) in [5.74, 6) is 0.297. The Kier molecular flexibility index (Phi) is 5.54. The largest absolute Gasteiger partial charge is 0.381 e. The van der Waals surface area contributed by atoms with Crippen LogP contribution in [0, 0.1) is 0 Å². The maximum absolute atomic E-state index is 12.4. The number of carbonyl (C=O) groups excluding carboxylic acids is 1. The van der Waals surface area contributed by atoms with Gasteiger partial charge in [-0.1, -0.05) is 0 Å². The Morgan fingerprint density at radius 1 is 1.14 bits per heavy atom. The van der Waals surface area contributed by atoms with Gasteiger partial charge in [0.25, 0.3) is 0 Å². The lowest BCUT2D eigenvalue weighted by molar-refractivity contribution is -0.150. The quantitative estimate of drug-likeness (QED) is 0.797. The summed E-state index contributed by atoms with van der Waals surface area (Å²) >= 11 is 0. The van der Waals surface area contributed by atoms with Gasteiger partial charge in [0.05, 0.1) is 11.7 Å². The molecule has 0 aromatic heterocycles. The van der Waals surface area contributed by atoms with Crippen molar-refractivity contribution in [2.24, 2.45) is 0 Å². The van der Waals surface area contributed by atoms with E-state index in [1.165, 1.54) is 0 Å². The van der Waals surface area contributed by atoms with Gasteiger partial charge < -0.3 is 14.4 Å². The molecule has 0 aromatic carbocycles. The van der Waals surface area contributed by atoms with Crippen LogP contribution in [0.15, 0.2) is 0 Å². The second-order valence-corrected chi connectivity index (χ2v) is 8.37. The zero-order valence-electron chi connectivity index (χ0n) is 15.0. The second kappa shape index (κ2) is 6.88. The van der Waals surface area contributed by atoms with Gasteiger partial charge in [-0.3, -0.25) is 4.79 Å². The van der Waals surface area contributed by atoms with Crippen molar-refractivity contribution in [2.75, 3.05) is 13.2 Å². The first-order valence-electron chi connectivity index (χ1n) is 8.77. The minimum Gasteiger partial charge on any atom is -0.381 e. The van der Waals surface area contributed by atoms with Crippen LogP contribution >= 0.6 is 0 Å². The minimum absolute atomic E-state index is 0.114. The fraction of sp³-hybridized carbons (Fsp3) is 0.944. The van der Waals surface area contributed by atoms with Crippen molar-refractivity contribution in [1.29, 1.82) is 0 Å². The summed E-state index contributed by atoms with van der Waals surface area (Å²) in [6.07, 6.45) is 5.95. The van der Waals surface area contributed by atoms with Gasteiger partial charge in [0, 0.05) is 31.2 Å². The van der Waals surface area contributed by atoms with Gasteiger partial charge in [-0.2, -0.15) is 0 Å². The third kappa shape index (κ3) is 4.69. The van der Waals surface area contributed by atoms with Crippen LogP contribution in [0.3, 0.4) is 0 Å². The van der Waals surface area contributed by atoms with Crippen LogP contribution < -0.4 is 0 Å². The standard InChI is InChI=1S/C18H33NO3/c1-17(2,3)19-14(7-6-8-16(19)20)13-18(4,5)22-15-9-11-21-12-10-15/h14-15H,6-13H2,1-5H3. The highest BCUT2D eigenvalue weighted by atomic mass is 16.5. The molecular formula is C18H33NO3. The van der Waals surface area contributed by atoms with Crippen LogP contribution in [0.1, 0.15) is 73.1 Å². The molecule has 2 fully saturated rings. The molecule has 0 bridgehead atoms. The lowest BCUT2D eigenvalue weighted by Crippen LogP contribution is -2.55. The number of hydrogen-bond acceptors (Lipinski definition) is 3. The fourth-order valence-electron chi connectivity index (χ4n) is 3.92. The van der Waals surface area contributed by atoms with Crippen molar-refractivity contribution in [3.05, 3.63) is 0 Å². The molecule has 2 heterocycles. The topological polar surface area (TPSA) is 38.8 Å². The molecule has 0 radical (unpaired) electrons. The highest BCUT2D eigenvalue weighted by Gasteiger charge is 2.39. The molecule has 1 unspecified atom stereocenters. The molecule has 0 aromatic rings. The monoisotopic (exact) mass is 311 g/mol. The van der Waals surface area contributed by atoms with Gasteiger partial charge in [0.1, 0.15) is 0 Å². The Labute approximate surface area is 135 Å². The van der Waals surface area contributed by atoms with Gasteiger partial charge in [-0.05, 0) is 66.7 Å². The Morgan fingerprint density at radius 3 is 2.36 bits per heavy atom. The number of hydrogen-bond donors (Lipinski definition) is 0. The molecule has 4 nitrogen and oxygen atoms in total. The van der Waals surface area contributed by atoms with E-state index in [1.807, 2.05) is 0 Å². The molecule has 2 aliphatic rings. The minimum atomic E-state index is -0.201. The molecule has 2 saturated heterocycles. The first-order valence-corrected chi connectivity index (χ1v) is 8.77. The second-order valence-electron chi connectivity index (χ2n) is 8.37. The van der Waals surface area contributed by atoms with E-state index in [-0.39, 0.29) is 17.2 Å². The Morgan fingerprint density at radius 2 is 1.77 bits per heavy atom. The third-order valence-corrected chi connectivity index (χ3v) is 4.67. The number of amides is 1. The predicted octanol–water partition coefficient (Wildman–Crippen LogP) is 3.53. The Hall–Kier alpha value is -0.610. The SMILES string of the molecule is CC(C)(CC1CCCC(=O)N1C(C)(C)C)OC1CCOCC1. The highest BCUT2D eigenvalue weighted by Crippen LogP contribution is 2.33. The molecule has 22 heavy (non-hydrogen) atoms.